The summed E-state index contributed by atoms with van der Waals surface area (Å²) in [6.07, 6.45) is -8.41. The van der Waals surface area contributed by atoms with Gasteiger partial charge in [0.2, 0.25) is 0 Å². The van der Waals surface area contributed by atoms with Crippen molar-refractivity contribution in [1.82, 2.24) is 98.7 Å². The van der Waals surface area contributed by atoms with Gasteiger partial charge in [0.1, 0.15) is 60.5 Å². The number of fused-ring (bicyclic) bond motifs is 5. The molecule has 42 heteroatoms. The lowest BCUT2D eigenvalue weighted by Crippen LogP contribution is -2.28. The molecule has 0 fully saturated rings. The van der Waals surface area contributed by atoms with Crippen molar-refractivity contribution < 1.29 is 55.1 Å². The number of nitrogens with zero attached hydrogens (tertiary/aromatic N) is 24. The maximum atomic E-state index is 13.6. The number of anilines is 5. The summed E-state index contributed by atoms with van der Waals surface area (Å²) in [7, 11) is 17.9. The van der Waals surface area contributed by atoms with Gasteiger partial charge < -0.3 is 24.9 Å². The van der Waals surface area contributed by atoms with Crippen LogP contribution in [0.3, 0.4) is 0 Å². The number of alkyl halides is 6. The zero-order valence-electron chi connectivity index (χ0n) is 82.7. The molecule has 141 heavy (non-hydrogen) atoms. The molecule has 0 saturated heterocycles. The molecule has 0 radical (unpaired) electrons. The molecule has 0 atom stereocenters. The van der Waals surface area contributed by atoms with Crippen molar-refractivity contribution in [2.24, 2.45) is 35.2 Å². The van der Waals surface area contributed by atoms with E-state index in [0.29, 0.717) is 68.1 Å². The van der Waals surface area contributed by atoms with Crippen LogP contribution in [0.1, 0.15) is 163 Å². The fourth-order valence-electron chi connectivity index (χ4n) is 16.6. The van der Waals surface area contributed by atoms with Crippen LogP contribution in [0.5, 0.6) is 0 Å². The SMILES string of the molecule is Cc1cc(CC(=O)CC(=O)c2cc(C(C)C)c3c(C)nn(C)c3n2)cc(Cl)n1.Cc1cc(CC(=O)CN(C)c2cc(C(C)C)c3c(C)nn(C)c3n2)cc(Cl)n1.Cc1cc(CC(=O)CN(C)c2cc(C(F)(F)F)c3c(C)nn(C)c3n2)cc(Cl)n1.Cc1cc(CC(=O)CN(C)c2cc(C)c3c(N(C)C)nn(C)c3n2)cc(Cl)n1.Cc1cc(CC(=O)CNc2cc(C(F)(F)F)c3c(C)nn(C)c3n2)cc(Cl)n1. The number of pyridine rings is 10. The highest BCUT2D eigenvalue weighted by Gasteiger charge is 2.38. The third-order valence-electron chi connectivity index (χ3n) is 22.6. The number of hydrogen-bond acceptors (Lipinski definition) is 26. The van der Waals surface area contributed by atoms with E-state index in [1.807, 2.05) is 117 Å². The highest BCUT2D eigenvalue weighted by atomic mass is 35.5. The molecule has 0 aromatic carbocycles. The third kappa shape index (κ3) is 27.6. The Morgan fingerprint density at radius 1 is 0.348 bits per heavy atom. The van der Waals surface area contributed by atoms with E-state index in [1.165, 1.54) is 54.8 Å². The molecule has 744 valence electrons. The van der Waals surface area contributed by atoms with E-state index < -0.39 is 23.5 Å². The number of carbonyl (C=O) groups excluding carboxylic acids is 6. The van der Waals surface area contributed by atoms with Crippen LogP contribution < -0.4 is 24.9 Å². The van der Waals surface area contributed by atoms with Gasteiger partial charge >= 0.3 is 12.4 Å². The predicted octanol–water partition coefficient (Wildman–Crippen LogP) is 18.9. The van der Waals surface area contributed by atoms with Gasteiger partial charge in [0.25, 0.3) is 0 Å². The summed E-state index contributed by atoms with van der Waals surface area (Å²) in [6, 6.07) is 25.1. The molecule has 0 unspecified atom stereocenters. The Hall–Kier alpha value is -13.1. The summed E-state index contributed by atoms with van der Waals surface area (Å²) in [5.41, 5.74) is 14.4. The van der Waals surface area contributed by atoms with Gasteiger partial charge in [-0.15, -0.1) is 0 Å². The number of hydrogen-bond donors (Lipinski definition) is 1. The zero-order valence-corrected chi connectivity index (χ0v) is 86.5. The summed E-state index contributed by atoms with van der Waals surface area (Å²) >= 11 is 29.7. The summed E-state index contributed by atoms with van der Waals surface area (Å²) < 4.78 is 89.1. The second-order valence-electron chi connectivity index (χ2n) is 35.8. The highest BCUT2D eigenvalue weighted by Crippen LogP contribution is 2.41. The summed E-state index contributed by atoms with van der Waals surface area (Å²) in [5.74, 6) is 2.25. The summed E-state index contributed by atoms with van der Waals surface area (Å²) in [5, 5.41) is 29.0. The van der Waals surface area contributed by atoms with Crippen molar-refractivity contribution in [2.45, 2.75) is 160 Å². The van der Waals surface area contributed by atoms with E-state index in [9.17, 15) is 55.1 Å². The van der Waals surface area contributed by atoms with Gasteiger partial charge in [-0.05, 0) is 217 Å². The van der Waals surface area contributed by atoms with Crippen molar-refractivity contribution in [3.05, 3.63) is 229 Å². The van der Waals surface area contributed by atoms with E-state index in [1.54, 1.807) is 89.5 Å². The second-order valence-corrected chi connectivity index (χ2v) is 37.8. The van der Waals surface area contributed by atoms with Crippen LogP contribution in [0.4, 0.5) is 55.4 Å². The fraction of sp³-hybridized carbons (Fsp3) is 0.384. The Morgan fingerprint density at radius 3 is 1.00 bits per heavy atom. The lowest BCUT2D eigenvalue weighted by molar-refractivity contribution is -0.137. The molecule has 15 heterocycles. The van der Waals surface area contributed by atoms with Crippen molar-refractivity contribution >= 4 is 177 Å². The Kier molecular flexibility index (Phi) is 34.7. The molecule has 15 rings (SSSR count). The molecule has 0 saturated carbocycles. The Labute approximate surface area is 836 Å². The first-order chi connectivity index (χ1) is 65.9. The van der Waals surface area contributed by atoms with Gasteiger partial charge in [0, 0.05) is 142 Å². The smallest absolute Gasteiger partial charge is 0.363 e. The Bertz CT molecular complexity index is 7200. The first-order valence-corrected chi connectivity index (χ1v) is 46.5. The van der Waals surface area contributed by atoms with Crippen molar-refractivity contribution in [3.63, 3.8) is 0 Å². The van der Waals surface area contributed by atoms with Crippen LogP contribution in [0.15, 0.2) is 91.0 Å². The van der Waals surface area contributed by atoms with E-state index in [-0.39, 0.29) is 148 Å². The third-order valence-corrected chi connectivity index (χ3v) is 23.6. The monoisotopic (exact) mass is 2030 g/mol. The van der Waals surface area contributed by atoms with E-state index in [0.717, 1.165) is 113 Å². The molecule has 0 bridgehead atoms. The maximum Gasteiger partial charge on any atom is 0.417 e. The van der Waals surface area contributed by atoms with Gasteiger partial charge in [-0.25, -0.2) is 54.5 Å². The number of carbonyl (C=O) groups is 6. The molecule has 0 aliphatic rings. The standard InChI is InChI=1S/C21H26ClN5O.C21H23ClN4O2.C20H25ClN6O.C19H19ClF3N5O.C18H17ClF3N5O/c1-12(2)17-10-19(24-21-20(17)14(4)25-27(21)6)26(5)11-16(28)8-15-7-13(3)23-18(22)9-15;1-11(2)16-10-17(24-21-20(16)13(4)25-26(21)5)18(28)9-15(27)7-14-6-12(3)23-19(22)8-14;1-12-7-17(23-19-18(12)20(25(3)4)24-27(19)6)26(5)11-15(28)9-14-8-13(2)22-16(21)10-14;1-10-5-12(7-15(20)24-10)6-13(29)9-27(3)16-8-14(19(21,22)23)17-11(2)26-28(4)18(17)25-16;1-9-4-11(6-14(19)24-9)5-12(28)8-23-15-7-13(18(20,21)22)16-10(2)26-27(3)17(16)25-15/h7,9-10,12H,8,11H2,1-6H3;6,8,10-11H,7,9H2,1-5H3;7-8,10H,9,11H2,1-6H3;5,7-8H,6,9H2,1-4H3;4,6-7H,5,8H2,1-3H3,(H,23,25). The molecule has 1 N–H and O–H groups in total. The van der Waals surface area contributed by atoms with Crippen LogP contribution in [-0.2, 0) is 104 Å². The van der Waals surface area contributed by atoms with Gasteiger partial charge in [-0.3, -0.25) is 47.5 Å². The number of aryl methyl sites for hydroxylation is 15. The minimum absolute atomic E-state index is 0.0367. The topological polar surface area (TPSA) is 345 Å². The van der Waals surface area contributed by atoms with Crippen molar-refractivity contribution in [2.75, 3.05) is 86.3 Å². The Balaban J connectivity index is 0.000000168. The largest absolute Gasteiger partial charge is 0.417 e. The number of halogens is 11. The van der Waals surface area contributed by atoms with Gasteiger partial charge in [-0.1, -0.05) is 85.7 Å². The van der Waals surface area contributed by atoms with Crippen molar-refractivity contribution in [3.8, 4) is 0 Å². The number of nitrogens with one attached hydrogen (secondary N) is 1. The Morgan fingerprint density at radius 2 is 0.645 bits per heavy atom. The summed E-state index contributed by atoms with van der Waals surface area (Å²) in [4.78, 5) is 125. The highest BCUT2D eigenvalue weighted by molar-refractivity contribution is 6.31. The lowest BCUT2D eigenvalue weighted by Gasteiger charge is -2.20. The molecule has 31 nitrogen and oxygen atoms in total. The number of ketones is 6. The first-order valence-electron chi connectivity index (χ1n) is 44.6. The number of likely N-dealkylation sites (N-methyl/N-ethyl adjacent to an activating group) is 3. The average molecular weight is 2040 g/mol. The minimum atomic E-state index is -4.57. The van der Waals surface area contributed by atoms with Crippen molar-refractivity contribution in [1.29, 1.82) is 0 Å². The minimum Gasteiger partial charge on any atom is -0.363 e. The number of Topliss-reactive ketones (excluding diaryl/α,β-unsaturated/α-hetero) is 6. The first kappa shape index (κ1) is 108. The van der Waals surface area contributed by atoms with Gasteiger partial charge in [-0.2, -0.15) is 51.8 Å². The van der Waals surface area contributed by atoms with Gasteiger partial charge in [0.15, 0.2) is 63.0 Å². The molecule has 15 aromatic rings. The molecule has 15 aromatic heterocycles. The quantitative estimate of drug-likeness (QED) is 0.0206. The zero-order chi connectivity index (χ0) is 104. The molecule has 0 amide bonds. The molecule has 0 spiro atoms. The molecular weight excluding hydrogens is 1930 g/mol. The van der Waals surface area contributed by atoms with Crippen LogP contribution in [0.2, 0.25) is 25.8 Å². The fourth-order valence-corrected chi connectivity index (χ4v) is 18.0. The predicted molar refractivity (Wildman–Crippen MR) is 539 cm³/mol. The van der Waals surface area contributed by atoms with Crippen LogP contribution in [0.25, 0.3) is 55.2 Å². The van der Waals surface area contributed by atoms with Crippen LogP contribution >= 0.6 is 58.0 Å². The van der Waals surface area contributed by atoms with Gasteiger partial charge in [0.05, 0.1) is 82.7 Å². The number of aromatic nitrogens is 20. The molecule has 0 aliphatic carbocycles. The lowest BCUT2D eigenvalue weighted by atomic mass is 9.97. The average Bonchev–Trinajstić information content (AvgIpc) is 1.96. The normalized spacial score (nSPS) is 11.5. The van der Waals surface area contributed by atoms with E-state index in [2.05, 4.69) is 104 Å². The second kappa shape index (κ2) is 45.2. The van der Waals surface area contributed by atoms with Crippen LogP contribution in [-0.4, -0.2) is 195 Å². The van der Waals surface area contributed by atoms with E-state index in [4.69, 9.17) is 68.0 Å². The van der Waals surface area contributed by atoms with E-state index >= 15 is 0 Å². The molecule has 0 aliphatic heterocycles. The summed E-state index contributed by atoms with van der Waals surface area (Å²) in [6.45, 7) is 26.7. The maximum absolute atomic E-state index is 13.6. The molecular formula is C99H110Cl5F6N25O6. The van der Waals surface area contributed by atoms with Crippen LogP contribution in [0, 0.1) is 69.2 Å². The number of rotatable bonds is 28.